The van der Waals surface area contributed by atoms with Crippen molar-refractivity contribution in [1.82, 2.24) is 15.2 Å². The van der Waals surface area contributed by atoms with E-state index >= 15 is 0 Å². The van der Waals surface area contributed by atoms with Crippen LogP contribution in [0.2, 0.25) is 0 Å². The van der Waals surface area contributed by atoms with Crippen LogP contribution in [0.15, 0.2) is 24.5 Å². The van der Waals surface area contributed by atoms with Crippen LogP contribution in [0, 0.1) is 0 Å². The fourth-order valence-corrected chi connectivity index (χ4v) is 1.98. The molecule has 18 heavy (non-hydrogen) atoms. The molecule has 0 radical (unpaired) electrons. The molecule has 1 rings (SSSR count). The number of nitrogens with zero attached hydrogens (tertiary/aromatic N) is 2. The fraction of sp³-hybridized carbons (Fsp3) is 0.667. The molecule has 102 valence electrons. The Kier molecular flexibility index (Phi) is 7.62. The zero-order valence-electron chi connectivity index (χ0n) is 12.0. The highest BCUT2D eigenvalue weighted by Gasteiger charge is 2.08. The smallest absolute Gasteiger partial charge is 0.0271 e. The number of hydrogen-bond donors (Lipinski definition) is 1. The quantitative estimate of drug-likeness (QED) is 0.682. The van der Waals surface area contributed by atoms with Gasteiger partial charge in [0.2, 0.25) is 0 Å². The van der Waals surface area contributed by atoms with Gasteiger partial charge in [0.15, 0.2) is 0 Å². The molecule has 1 unspecified atom stereocenters. The first-order valence-electron chi connectivity index (χ1n) is 7.04. The summed E-state index contributed by atoms with van der Waals surface area (Å²) in [5, 5.41) is 3.45. The molecule has 1 aromatic rings. The van der Waals surface area contributed by atoms with E-state index in [-0.39, 0.29) is 0 Å². The maximum Gasteiger partial charge on any atom is 0.0271 e. The van der Waals surface area contributed by atoms with Crippen molar-refractivity contribution in [3.63, 3.8) is 0 Å². The summed E-state index contributed by atoms with van der Waals surface area (Å²) in [6.07, 6.45) is 7.45. The monoisotopic (exact) mass is 249 g/mol. The molecular formula is C15H27N3. The molecular weight excluding hydrogens is 222 g/mol. The Morgan fingerprint density at radius 2 is 2.00 bits per heavy atom. The van der Waals surface area contributed by atoms with E-state index in [9.17, 15) is 0 Å². The van der Waals surface area contributed by atoms with Gasteiger partial charge in [0.05, 0.1) is 0 Å². The minimum absolute atomic E-state index is 0.626. The molecule has 3 heteroatoms. The van der Waals surface area contributed by atoms with Crippen LogP contribution in [0.3, 0.4) is 0 Å². The molecule has 0 aromatic carbocycles. The van der Waals surface area contributed by atoms with E-state index in [1.54, 1.807) is 0 Å². The number of aromatic nitrogens is 1. The van der Waals surface area contributed by atoms with Gasteiger partial charge in [0.25, 0.3) is 0 Å². The van der Waals surface area contributed by atoms with Crippen LogP contribution in [0.5, 0.6) is 0 Å². The van der Waals surface area contributed by atoms with Gasteiger partial charge in [-0.05, 0) is 64.0 Å². The maximum absolute atomic E-state index is 4.05. The maximum atomic E-state index is 4.05. The third kappa shape index (κ3) is 6.12. The van der Waals surface area contributed by atoms with Crippen LogP contribution in [0.4, 0.5) is 0 Å². The molecule has 0 saturated carbocycles. The predicted molar refractivity (Wildman–Crippen MR) is 77.6 cm³/mol. The Labute approximate surface area is 112 Å². The highest BCUT2D eigenvalue weighted by molar-refractivity contribution is 5.09. The molecule has 3 nitrogen and oxygen atoms in total. The summed E-state index contributed by atoms with van der Waals surface area (Å²) >= 11 is 0. The second-order valence-electron chi connectivity index (χ2n) is 5.01. The van der Waals surface area contributed by atoms with E-state index < -0.39 is 0 Å². The SMILES string of the molecule is CCCNCCCC(C)N(C)Cc1ccncc1. The average Bonchev–Trinajstić information content (AvgIpc) is 2.39. The molecule has 0 bridgehead atoms. The number of hydrogen-bond acceptors (Lipinski definition) is 3. The van der Waals surface area contributed by atoms with Crippen molar-refractivity contribution in [2.24, 2.45) is 0 Å². The Balaban J connectivity index is 2.18. The second kappa shape index (κ2) is 9.06. The molecule has 1 N–H and O–H groups in total. The molecule has 0 spiro atoms. The average molecular weight is 249 g/mol. The first-order chi connectivity index (χ1) is 8.74. The second-order valence-corrected chi connectivity index (χ2v) is 5.01. The number of nitrogens with one attached hydrogen (secondary N) is 1. The van der Waals surface area contributed by atoms with Crippen LogP contribution in [0.25, 0.3) is 0 Å². The van der Waals surface area contributed by atoms with Crippen molar-refractivity contribution in [2.45, 2.75) is 45.7 Å². The first-order valence-corrected chi connectivity index (χ1v) is 7.04. The third-order valence-corrected chi connectivity index (χ3v) is 3.34. The van der Waals surface area contributed by atoms with Crippen molar-refractivity contribution in [3.8, 4) is 0 Å². The molecule has 1 aromatic heterocycles. The van der Waals surface area contributed by atoms with Crippen LogP contribution >= 0.6 is 0 Å². The summed E-state index contributed by atoms with van der Waals surface area (Å²) in [4.78, 5) is 6.46. The van der Waals surface area contributed by atoms with Crippen molar-refractivity contribution < 1.29 is 0 Å². The third-order valence-electron chi connectivity index (χ3n) is 3.34. The lowest BCUT2D eigenvalue weighted by atomic mass is 10.1. The summed E-state index contributed by atoms with van der Waals surface area (Å²) in [7, 11) is 2.20. The van der Waals surface area contributed by atoms with Gasteiger partial charge in [0.1, 0.15) is 0 Å². The predicted octanol–water partition coefficient (Wildman–Crippen LogP) is 2.68. The Morgan fingerprint density at radius 3 is 2.67 bits per heavy atom. The fourth-order valence-electron chi connectivity index (χ4n) is 1.98. The van der Waals surface area contributed by atoms with Gasteiger partial charge >= 0.3 is 0 Å². The van der Waals surface area contributed by atoms with Crippen molar-refractivity contribution >= 4 is 0 Å². The minimum atomic E-state index is 0.626. The molecule has 0 aliphatic heterocycles. The summed E-state index contributed by atoms with van der Waals surface area (Å²) in [6.45, 7) is 7.80. The zero-order chi connectivity index (χ0) is 13.2. The zero-order valence-corrected chi connectivity index (χ0v) is 12.0. The lowest BCUT2D eigenvalue weighted by Crippen LogP contribution is -2.29. The van der Waals surface area contributed by atoms with Gasteiger partial charge in [0, 0.05) is 25.0 Å². The first kappa shape index (κ1) is 15.1. The highest BCUT2D eigenvalue weighted by Crippen LogP contribution is 2.08. The Bertz CT molecular complexity index is 300. The van der Waals surface area contributed by atoms with Gasteiger partial charge in [-0.25, -0.2) is 0 Å². The van der Waals surface area contributed by atoms with Crippen LogP contribution in [0.1, 0.15) is 38.7 Å². The molecule has 0 fully saturated rings. The highest BCUT2D eigenvalue weighted by atomic mass is 15.1. The van der Waals surface area contributed by atoms with E-state index in [1.165, 1.54) is 24.8 Å². The largest absolute Gasteiger partial charge is 0.317 e. The molecule has 1 atom stereocenters. The molecule has 0 saturated heterocycles. The van der Waals surface area contributed by atoms with E-state index in [1.807, 2.05) is 12.4 Å². The molecule has 0 aliphatic rings. The Hall–Kier alpha value is -0.930. The van der Waals surface area contributed by atoms with Crippen LogP contribution in [-0.2, 0) is 6.54 Å². The van der Waals surface area contributed by atoms with Gasteiger partial charge in [-0.15, -0.1) is 0 Å². The summed E-state index contributed by atoms with van der Waals surface area (Å²) in [5.41, 5.74) is 1.34. The molecule has 0 amide bonds. The Morgan fingerprint density at radius 1 is 1.28 bits per heavy atom. The van der Waals surface area contributed by atoms with E-state index in [4.69, 9.17) is 0 Å². The van der Waals surface area contributed by atoms with E-state index in [0.717, 1.165) is 19.6 Å². The van der Waals surface area contributed by atoms with Crippen LogP contribution < -0.4 is 5.32 Å². The van der Waals surface area contributed by atoms with Gasteiger partial charge in [-0.1, -0.05) is 6.92 Å². The number of rotatable bonds is 9. The molecule has 1 heterocycles. The van der Waals surface area contributed by atoms with Gasteiger partial charge in [-0.2, -0.15) is 0 Å². The summed E-state index contributed by atoms with van der Waals surface area (Å²) in [6, 6.07) is 4.81. The van der Waals surface area contributed by atoms with Crippen molar-refractivity contribution in [2.75, 3.05) is 20.1 Å². The summed E-state index contributed by atoms with van der Waals surface area (Å²) in [5.74, 6) is 0. The minimum Gasteiger partial charge on any atom is -0.317 e. The van der Waals surface area contributed by atoms with E-state index in [2.05, 4.69) is 48.2 Å². The van der Waals surface area contributed by atoms with Crippen LogP contribution in [-0.4, -0.2) is 36.1 Å². The van der Waals surface area contributed by atoms with Crippen molar-refractivity contribution in [1.29, 1.82) is 0 Å². The molecule has 0 aliphatic carbocycles. The lowest BCUT2D eigenvalue weighted by molar-refractivity contribution is 0.234. The number of pyridine rings is 1. The normalized spacial score (nSPS) is 12.9. The van der Waals surface area contributed by atoms with Gasteiger partial charge < -0.3 is 5.32 Å². The summed E-state index contributed by atoms with van der Waals surface area (Å²) < 4.78 is 0. The lowest BCUT2D eigenvalue weighted by Gasteiger charge is -2.24. The van der Waals surface area contributed by atoms with E-state index in [0.29, 0.717) is 6.04 Å². The topological polar surface area (TPSA) is 28.2 Å². The van der Waals surface area contributed by atoms with Gasteiger partial charge in [-0.3, -0.25) is 9.88 Å². The standard InChI is InChI=1S/C15H27N3/c1-4-9-16-10-5-6-14(2)18(3)13-15-7-11-17-12-8-15/h7-8,11-12,14,16H,4-6,9-10,13H2,1-3H3. The van der Waals surface area contributed by atoms with Crippen molar-refractivity contribution in [3.05, 3.63) is 30.1 Å².